The number of anilines is 1. The van der Waals surface area contributed by atoms with Gasteiger partial charge in [-0.2, -0.15) is 0 Å². The van der Waals surface area contributed by atoms with E-state index in [9.17, 15) is 9.59 Å². The SMILES string of the molecule is CCN(C(=O)[C@@H]1CC[C@H](C(=O)O)C1)c1ccc2[nH]ccc2c1. The Hall–Kier alpha value is -2.30. The van der Waals surface area contributed by atoms with Gasteiger partial charge in [-0.25, -0.2) is 0 Å². The van der Waals surface area contributed by atoms with Crippen LogP contribution in [0.15, 0.2) is 30.5 Å². The normalized spacial score (nSPS) is 21.1. The lowest BCUT2D eigenvalue weighted by Crippen LogP contribution is -2.35. The summed E-state index contributed by atoms with van der Waals surface area (Å²) in [5.74, 6) is -1.30. The summed E-state index contributed by atoms with van der Waals surface area (Å²) in [5.41, 5.74) is 1.91. The summed E-state index contributed by atoms with van der Waals surface area (Å²) in [6.45, 7) is 2.53. The number of H-pyrrole nitrogens is 1. The Bertz CT molecular complexity index is 707. The Kier molecular flexibility index (Phi) is 3.88. The number of hydrogen-bond acceptors (Lipinski definition) is 2. The van der Waals surface area contributed by atoms with Gasteiger partial charge in [-0.3, -0.25) is 9.59 Å². The molecule has 1 saturated carbocycles. The van der Waals surface area contributed by atoms with E-state index in [2.05, 4.69) is 4.98 Å². The first kappa shape index (κ1) is 14.6. The third kappa shape index (κ3) is 2.58. The van der Waals surface area contributed by atoms with Crippen LogP contribution in [0.25, 0.3) is 10.9 Å². The summed E-state index contributed by atoms with van der Waals surface area (Å²) in [5, 5.41) is 10.2. The zero-order valence-electron chi connectivity index (χ0n) is 12.6. The van der Waals surface area contributed by atoms with Gasteiger partial charge in [-0.15, -0.1) is 0 Å². The van der Waals surface area contributed by atoms with Crippen molar-refractivity contribution in [1.29, 1.82) is 0 Å². The van der Waals surface area contributed by atoms with Gasteiger partial charge in [0.2, 0.25) is 5.91 Å². The quantitative estimate of drug-likeness (QED) is 0.911. The molecule has 0 saturated heterocycles. The van der Waals surface area contributed by atoms with Crippen LogP contribution in [0.2, 0.25) is 0 Å². The molecular weight excluding hydrogens is 280 g/mol. The summed E-state index contributed by atoms with van der Waals surface area (Å²) < 4.78 is 0. The molecule has 1 heterocycles. The Morgan fingerprint density at radius 3 is 2.73 bits per heavy atom. The number of carbonyl (C=O) groups is 2. The molecule has 1 aromatic carbocycles. The van der Waals surface area contributed by atoms with Crippen LogP contribution in [0.5, 0.6) is 0 Å². The maximum Gasteiger partial charge on any atom is 0.306 e. The third-order valence-corrected chi connectivity index (χ3v) is 4.56. The monoisotopic (exact) mass is 300 g/mol. The highest BCUT2D eigenvalue weighted by molar-refractivity contribution is 5.97. The summed E-state index contributed by atoms with van der Waals surface area (Å²) in [7, 11) is 0. The molecule has 1 aromatic heterocycles. The molecule has 1 aliphatic carbocycles. The lowest BCUT2D eigenvalue weighted by Gasteiger charge is -2.24. The predicted octanol–water partition coefficient (Wildman–Crippen LogP) is 3.02. The van der Waals surface area contributed by atoms with Crippen LogP contribution >= 0.6 is 0 Å². The van der Waals surface area contributed by atoms with Gasteiger partial charge >= 0.3 is 5.97 Å². The van der Waals surface area contributed by atoms with Crippen molar-refractivity contribution < 1.29 is 14.7 Å². The van der Waals surface area contributed by atoms with Gasteiger partial charge in [0.25, 0.3) is 0 Å². The van der Waals surface area contributed by atoms with E-state index >= 15 is 0 Å². The molecule has 2 aromatic rings. The van der Waals surface area contributed by atoms with E-state index in [1.807, 2.05) is 37.4 Å². The number of aromatic amines is 1. The van der Waals surface area contributed by atoms with Gasteiger partial charge in [0.05, 0.1) is 5.92 Å². The Balaban J connectivity index is 1.81. The van der Waals surface area contributed by atoms with Crippen LogP contribution in [0.4, 0.5) is 5.69 Å². The number of benzene rings is 1. The van der Waals surface area contributed by atoms with E-state index in [1.165, 1.54) is 0 Å². The molecule has 0 unspecified atom stereocenters. The number of amides is 1. The number of carboxylic acids is 1. The van der Waals surface area contributed by atoms with Crippen molar-refractivity contribution in [2.75, 3.05) is 11.4 Å². The number of fused-ring (bicyclic) bond motifs is 1. The first-order chi connectivity index (χ1) is 10.6. The van der Waals surface area contributed by atoms with E-state index < -0.39 is 5.97 Å². The fourth-order valence-corrected chi connectivity index (χ4v) is 3.32. The fourth-order valence-electron chi connectivity index (χ4n) is 3.32. The minimum absolute atomic E-state index is 0.0427. The molecular formula is C17H20N2O3. The fraction of sp³-hybridized carbons (Fsp3) is 0.412. The number of nitrogens with zero attached hydrogens (tertiary/aromatic N) is 1. The smallest absolute Gasteiger partial charge is 0.306 e. The van der Waals surface area contributed by atoms with E-state index in [0.29, 0.717) is 25.8 Å². The Morgan fingerprint density at radius 2 is 2.05 bits per heavy atom. The molecule has 1 fully saturated rings. The molecule has 5 heteroatoms. The average Bonchev–Trinajstić information content (AvgIpc) is 3.16. The zero-order valence-corrected chi connectivity index (χ0v) is 12.6. The number of nitrogens with one attached hydrogen (secondary N) is 1. The second kappa shape index (κ2) is 5.83. The van der Waals surface area contributed by atoms with Crippen molar-refractivity contribution >= 4 is 28.5 Å². The van der Waals surface area contributed by atoms with Gasteiger partial charge in [0, 0.05) is 35.2 Å². The molecule has 2 atom stereocenters. The molecule has 3 rings (SSSR count). The van der Waals surface area contributed by atoms with Crippen molar-refractivity contribution in [2.24, 2.45) is 11.8 Å². The van der Waals surface area contributed by atoms with E-state index in [0.717, 1.165) is 16.6 Å². The van der Waals surface area contributed by atoms with Gasteiger partial charge in [-0.05, 0) is 50.5 Å². The largest absolute Gasteiger partial charge is 0.481 e. The van der Waals surface area contributed by atoms with Gasteiger partial charge in [0.15, 0.2) is 0 Å². The Morgan fingerprint density at radius 1 is 1.27 bits per heavy atom. The maximum atomic E-state index is 12.7. The summed E-state index contributed by atoms with van der Waals surface area (Å²) in [4.78, 5) is 28.7. The molecule has 22 heavy (non-hydrogen) atoms. The molecule has 1 aliphatic rings. The number of carbonyl (C=O) groups excluding carboxylic acids is 1. The van der Waals surface area contributed by atoms with Crippen molar-refractivity contribution in [3.63, 3.8) is 0 Å². The molecule has 0 spiro atoms. The highest BCUT2D eigenvalue weighted by Gasteiger charge is 2.35. The van der Waals surface area contributed by atoms with Crippen LogP contribution in [0.3, 0.4) is 0 Å². The molecule has 2 N–H and O–H groups in total. The van der Waals surface area contributed by atoms with Crippen LogP contribution < -0.4 is 4.90 Å². The molecule has 0 radical (unpaired) electrons. The summed E-state index contributed by atoms with van der Waals surface area (Å²) in [6.07, 6.45) is 3.59. The second-order valence-electron chi connectivity index (χ2n) is 5.88. The van der Waals surface area contributed by atoms with Gasteiger partial charge in [-0.1, -0.05) is 0 Å². The van der Waals surface area contributed by atoms with E-state index in [-0.39, 0.29) is 17.7 Å². The minimum atomic E-state index is -0.785. The summed E-state index contributed by atoms with van der Waals surface area (Å²) in [6, 6.07) is 7.88. The first-order valence-corrected chi connectivity index (χ1v) is 7.71. The molecule has 0 aliphatic heterocycles. The average molecular weight is 300 g/mol. The lowest BCUT2D eigenvalue weighted by atomic mass is 10.0. The van der Waals surface area contributed by atoms with Crippen molar-refractivity contribution in [2.45, 2.75) is 26.2 Å². The lowest BCUT2D eigenvalue weighted by molar-refractivity contribution is -0.141. The highest BCUT2D eigenvalue weighted by atomic mass is 16.4. The number of aromatic nitrogens is 1. The second-order valence-corrected chi connectivity index (χ2v) is 5.88. The van der Waals surface area contributed by atoms with Gasteiger partial charge in [0.1, 0.15) is 0 Å². The Labute approximate surface area is 128 Å². The van der Waals surface area contributed by atoms with Crippen LogP contribution in [-0.4, -0.2) is 28.5 Å². The molecule has 116 valence electrons. The third-order valence-electron chi connectivity index (χ3n) is 4.56. The summed E-state index contributed by atoms with van der Waals surface area (Å²) >= 11 is 0. The predicted molar refractivity (Wildman–Crippen MR) is 84.8 cm³/mol. The van der Waals surface area contributed by atoms with Crippen molar-refractivity contribution in [3.8, 4) is 0 Å². The maximum absolute atomic E-state index is 12.7. The minimum Gasteiger partial charge on any atom is -0.481 e. The van der Waals surface area contributed by atoms with Crippen LogP contribution in [-0.2, 0) is 9.59 Å². The van der Waals surface area contributed by atoms with Crippen LogP contribution in [0, 0.1) is 11.8 Å². The first-order valence-electron chi connectivity index (χ1n) is 7.71. The standard InChI is InChI=1S/C17H20N2O3/c1-2-19(14-5-6-15-11(10-14)7-8-18-15)16(20)12-3-4-13(9-12)17(21)22/h5-8,10,12-13,18H,2-4,9H2,1H3,(H,21,22)/t12-,13+/m1/s1. The zero-order chi connectivity index (χ0) is 15.7. The van der Waals surface area contributed by atoms with E-state index in [4.69, 9.17) is 5.11 Å². The number of carboxylic acid groups (broad SMARTS) is 1. The van der Waals surface area contributed by atoms with Gasteiger partial charge < -0.3 is 15.0 Å². The molecule has 1 amide bonds. The van der Waals surface area contributed by atoms with Crippen molar-refractivity contribution in [1.82, 2.24) is 4.98 Å². The van der Waals surface area contributed by atoms with E-state index in [1.54, 1.807) is 4.90 Å². The molecule has 5 nitrogen and oxygen atoms in total. The topological polar surface area (TPSA) is 73.4 Å². The van der Waals surface area contributed by atoms with Crippen LogP contribution in [0.1, 0.15) is 26.2 Å². The number of aliphatic carboxylic acids is 1. The number of hydrogen-bond donors (Lipinski definition) is 2. The number of rotatable bonds is 4. The highest BCUT2D eigenvalue weighted by Crippen LogP contribution is 2.34. The van der Waals surface area contributed by atoms with Crippen molar-refractivity contribution in [3.05, 3.63) is 30.5 Å². The molecule has 0 bridgehead atoms.